The van der Waals surface area contributed by atoms with Crippen molar-refractivity contribution in [3.05, 3.63) is 24.8 Å². The van der Waals surface area contributed by atoms with Crippen molar-refractivity contribution >= 4 is 0 Å². The van der Waals surface area contributed by atoms with Gasteiger partial charge in [-0.1, -0.05) is 12.2 Å². The Morgan fingerprint density at radius 3 is 2.46 bits per heavy atom. The fraction of sp³-hybridized carbons (Fsp3) is 0.636. The minimum Gasteiger partial charge on any atom is -0.365 e. The van der Waals surface area contributed by atoms with Gasteiger partial charge in [0.15, 0.2) is 6.29 Å². The van der Waals surface area contributed by atoms with Gasteiger partial charge in [0.25, 0.3) is 0 Å². The maximum Gasteiger partial charge on any atom is 0.174 e. The van der Waals surface area contributed by atoms with Crippen LogP contribution in [0.3, 0.4) is 0 Å². The maximum atomic E-state index is 9.35. The highest BCUT2D eigenvalue weighted by atomic mass is 16.6. The van der Waals surface area contributed by atoms with Crippen LogP contribution in [0.15, 0.2) is 24.8 Å². The molecule has 0 saturated carbocycles. The second kappa shape index (κ2) is 5.95. The highest BCUT2D eigenvalue weighted by Gasteiger charge is 2.13. The van der Waals surface area contributed by atoms with Crippen LogP contribution in [0.1, 0.15) is 33.6 Å². The first-order valence-corrected chi connectivity index (χ1v) is 4.59. The summed E-state index contributed by atoms with van der Waals surface area (Å²) in [5.41, 5.74) is -0.303. The van der Waals surface area contributed by atoms with E-state index in [4.69, 9.17) is 4.74 Å². The summed E-state index contributed by atoms with van der Waals surface area (Å²) in [7, 11) is 0. The highest BCUT2D eigenvalue weighted by molar-refractivity contribution is 4.87. The van der Waals surface area contributed by atoms with Crippen molar-refractivity contribution in [3.8, 4) is 0 Å². The van der Waals surface area contributed by atoms with Crippen LogP contribution >= 0.6 is 0 Å². The van der Waals surface area contributed by atoms with E-state index < -0.39 is 6.29 Å². The second-order valence-electron chi connectivity index (χ2n) is 3.91. The fourth-order valence-electron chi connectivity index (χ4n) is 0.828. The van der Waals surface area contributed by atoms with Gasteiger partial charge in [-0.3, -0.25) is 0 Å². The molecule has 0 aliphatic carbocycles. The standard InChI is InChI=1S/C11H20O2/c1-5-6-7-8-9-10(12)13-11(2,3)4/h5,8-10,12H,1,6-7H2,2-4H3/b9-8+. The van der Waals surface area contributed by atoms with Crippen molar-refractivity contribution in [3.63, 3.8) is 0 Å². The van der Waals surface area contributed by atoms with Gasteiger partial charge < -0.3 is 9.84 Å². The molecule has 0 aliphatic rings. The van der Waals surface area contributed by atoms with Gasteiger partial charge in [-0.05, 0) is 39.7 Å². The van der Waals surface area contributed by atoms with Crippen LogP contribution in [-0.2, 0) is 4.74 Å². The minimum atomic E-state index is -0.801. The summed E-state index contributed by atoms with van der Waals surface area (Å²) >= 11 is 0. The molecular formula is C11H20O2. The molecule has 76 valence electrons. The Labute approximate surface area is 80.9 Å². The summed E-state index contributed by atoms with van der Waals surface area (Å²) in [6.07, 6.45) is 6.44. The molecule has 0 amide bonds. The van der Waals surface area contributed by atoms with Crippen LogP contribution in [0.4, 0.5) is 0 Å². The number of hydrogen-bond donors (Lipinski definition) is 1. The molecule has 0 bridgehead atoms. The summed E-state index contributed by atoms with van der Waals surface area (Å²) in [6, 6.07) is 0. The number of aliphatic hydroxyl groups excluding tert-OH is 1. The topological polar surface area (TPSA) is 29.5 Å². The van der Waals surface area contributed by atoms with E-state index in [1.807, 2.05) is 32.9 Å². The Bertz CT molecular complexity index is 165. The zero-order valence-electron chi connectivity index (χ0n) is 8.79. The smallest absolute Gasteiger partial charge is 0.174 e. The van der Waals surface area contributed by atoms with Crippen LogP contribution in [-0.4, -0.2) is 17.0 Å². The predicted molar refractivity (Wildman–Crippen MR) is 55.4 cm³/mol. The molecule has 0 radical (unpaired) electrons. The maximum absolute atomic E-state index is 9.35. The third-order valence-corrected chi connectivity index (χ3v) is 1.31. The Balaban J connectivity index is 3.67. The van der Waals surface area contributed by atoms with Crippen LogP contribution in [0.5, 0.6) is 0 Å². The largest absolute Gasteiger partial charge is 0.365 e. The van der Waals surface area contributed by atoms with Gasteiger partial charge in [-0.15, -0.1) is 6.58 Å². The summed E-state index contributed by atoms with van der Waals surface area (Å²) in [6.45, 7) is 9.34. The van der Waals surface area contributed by atoms with Gasteiger partial charge in [0, 0.05) is 0 Å². The molecule has 1 atom stereocenters. The van der Waals surface area contributed by atoms with E-state index in [9.17, 15) is 5.11 Å². The molecule has 1 unspecified atom stereocenters. The van der Waals surface area contributed by atoms with Gasteiger partial charge in [-0.2, -0.15) is 0 Å². The Hall–Kier alpha value is -0.600. The van der Waals surface area contributed by atoms with E-state index in [1.165, 1.54) is 0 Å². The predicted octanol–water partition coefficient (Wildman–Crippen LogP) is 2.64. The third-order valence-electron chi connectivity index (χ3n) is 1.31. The van der Waals surface area contributed by atoms with Crippen molar-refractivity contribution in [2.75, 3.05) is 0 Å². The normalized spacial score (nSPS) is 14.8. The van der Waals surface area contributed by atoms with E-state index in [0.29, 0.717) is 0 Å². The van der Waals surface area contributed by atoms with Crippen LogP contribution < -0.4 is 0 Å². The van der Waals surface area contributed by atoms with Gasteiger partial charge in [0.05, 0.1) is 5.60 Å². The van der Waals surface area contributed by atoms with Gasteiger partial charge in [0.1, 0.15) is 0 Å². The molecule has 0 rings (SSSR count). The average molecular weight is 184 g/mol. The fourth-order valence-corrected chi connectivity index (χ4v) is 0.828. The minimum absolute atomic E-state index is 0.303. The molecule has 0 heterocycles. The van der Waals surface area contributed by atoms with Crippen LogP contribution in [0.25, 0.3) is 0 Å². The summed E-state index contributed by atoms with van der Waals surface area (Å²) in [5.74, 6) is 0. The Morgan fingerprint density at radius 2 is 2.00 bits per heavy atom. The van der Waals surface area contributed by atoms with Gasteiger partial charge in [-0.25, -0.2) is 0 Å². The molecule has 0 aromatic carbocycles. The van der Waals surface area contributed by atoms with Crippen molar-refractivity contribution in [1.29, 1.82) is 0 Å². The monoisotopic (exact) mass is 184 g/mol. The van der Waals surface area contributed by atoms with Crippen LogP contribution in [0.2, 0.25) is 0 Å². The van der Waals surface area contributed by atoms with Crippen LogP contribution in [0, 0.1) is 0 Å². The van der Waals surface area contributed by atoms with E-state index in [2.05, 4.69) is 6.58 Å². The summed E-state index contributed by atoms with van der Waals surface area (Å²) < 4.78 is 5.26. The number of allylic oxidation sites excluding steroid dienone is 2. The number of rotatable bonds is 5. The van der Waals surface area contributed by atoms with E-state index >= 15 is 0 Å². The van der Waals surface area contributed by atoms with Crippen molar-refractivity contribution in [2.45, 2.75) is 45.5 Å². The Morgan fingerprint density at radius 1 is 1.38 bits per heavy atom. The molecular weight excluding hydrogens is 164 g/mol. The zero-order valence-corrected chi connectivity index (χ0v) is 8.79. The SMILES string of the molecule is C=CCC/C=C/C(O)OC(C)(C)C. The van der Waals surface area contributed by atoms with Crippen molar-refractivity contribution in [1.82, 2.24) is 0 Å². The molecule has 0 aromatic heterocycles. The number of ether oxygens (including phenoxy) is 1. The Kier molecular flexibility index (Phi) is 5.67. The van der Waals surface area contributed by atoms with Crippen molar-refractivity contribution in [2.24, 2.45) is 0 Å². The van der Waals surface area contributed by atoms with E-state index in [1.54, 1.807) is 6.08 Å². The molecule has 0 aliphatic heterocycles. The lowest BCUT2D eigenvalue weighted by Crippen LogP contribution is -2.25. The highest BCUT2D eigenvalue weighted by Crippen LogP contribution is 2.10. The van der Waals surface area contributed by atoms with E-state index in [0.717, 1.165) is 12.8 Å². The second-order valence-corrected chi connectivity index (χ2v) is 3.91. The molecule has 0 spiro atoms. The summed E-state index contributed by atoms with van der Waals surface area (Å²) in [4.78, 5) is 0. The number of aliphatic hydroxyl groups is 1. The summed E-state index contributed by atoms with van der Waals surface area (Å²) in [5, 5.41) is 9.35. The molecule has 0 saturated heterocycles. The first-order chi connectivity index (χ1) is 5.95. The quantitative estimate of drug-likeness (QED) is 0.404. The third kappa shape index (κ3) is 9.31. The zero-order chi connectivity index (χ0) is 10.3. The lowest BCUT2D eigenvalue weighted by atomic mass is 10.2. The first-order valence-electron chi connectivity index (χ1n) is 4.59. The van der Waals surface area contributed by atoms with E-state index in [-0.39, 0.29) is 5.60 Å². The number of unbranched alkanes of at least 4 members (excludes halogenated alkanes) is 1. The number of hydrogen-bond acceptors (Lipinski definition) is 2. The molecule has 2 nitrogen and oxygen atoms in total. The molecule has 13 heavy (non-hydrogen) atoms. The van der Waals surface area contributed by atoms with Gasteiger partial charge >= 0.3 is 0 Å². The van der Waals surface area contributed by atoms with Gasteiger partial charge in [0.2, 0.25) is 0 Å². The molecule has 0 fully saturated rings. The lowest BCUT2D eigenvalue weighted by Gasteiger charge is -2.21. The molecule has 1 N–H and O–H groups in total. The van der Waals surface area contributed by atoms with Crippen molar-refractivity contribution < 1.29 is 9.84 Å². The first kappa shape index (κ1) is 12.4. The average Bonchev–Trinajstić information content (AvgIpc) is 1.94. The molecule has 0 aromatic rings. The lowest BCUT2D eigenvalue weighted by molar-refractivity contribution is -0.137. The molecule has 2 heteroatoms.